The fourth-order valence-electron chi connectivity index (χ4n) is 3.42. The summed E-state index contributed by atoms with van der Waals surface area (Å²) < 4.78 is 16.4. The van der Waals surface area contributed by atoms with E-state index in [0.29, 0.717) is 43.9 Å². The van der Waals surface area contributed by atoms with Gasteiger partial charge in [-0.1, -0.05) is 0 Å². The highest BCUT2D eigenvalue weighted by Gasteiger charge is 2.23. The number of carbonyl (C=O) groups excluding carboxylic acids is 1. The van der Waals surface area contributed by atoms with Crippen molar-refractivity contribution in [2.45, 2.75) is 13.5 Å². The molecule has 0 saturated carbocycles. The summed E-state index contributed by atoms with van der Waals surface area (Å²) >= 11 is 0. The van der Waals surface area contributed by atoms with Crippen LogP contribution in [0.4, 0.5) is 10.1 Å². The lowest BCUT2D eigenvalue weighted by Crippen LogP contribution is -2.49. The highest BCUT2D eigenvalue weighted by atomic mass is 19.1. The molecule has 0 radical (unpaired) electrons. The maximum atomic E-state index is 14.7. The average Bonchev–Trinajstić information content (AvgIpc) is 2.62. The predicted octanol–water partition coefficient (Wildman–Crippen LogP) is 0.466. The summed E-state index contributed by atoms with van der Waals surface area (Å²) in [4.78, 5) is 38.5. The van der Waals surface area contributed by atoms with Crippen molar-refractivity contribution in [2.24, 2.45) is 5.73 Å². The number of piperazine rings is 1. The monoisotopic (exact) mass is 376 g/mol. The number of carboxylic acids is 1. The Labute approximate surface area is 154 Å². The van der Waals surface area contributed by atoms with Gasteiger partial charge in [0.1, 0.15) is 11.4 Å². The summed E-state index contributed by atoms with van der Waals surface area (Å²) in [5.41, 5.74) is 4.97. The molecule has 8 nitrogen and oxygen atoms in total. The van der Waals surface area contributed by atoms with Crippen molar-refractivity contribution < 1.29 is 19.1 Å². The van der Waals surface area contributed by atoms with Gasteiger partial charge in [0.15, 0.2) is 0 Å². The molecule has 144 valence electrons. The maximum Gasteiger partial charge on any atom is 0.341 e. The van der Waals surface area contributed by atoms with Gasteiger partial charge in [0.25, 0.3) is 0 Å². The standard InChI is InChI=1S/C18H21FN4O4/c1-2-22-9-12(18(26)27)17(25)11-7-13(19)15(8-14(11)22)23-5-3-21(4-6-23)10-16(20)24/h7-9H,2-6,10H2,1H3,(H2,20,24)(H,26,27). The smallest absolute Gasteiger partial charge is 0.341 e. The van der Waals surface area contributed by atoms with E-state index in [1.54, 1.807) is 10.6 Å². The van der Waals surface area contributed by atoms with E-state index in [9.17, 15) is 23.9 Å². The van der Waals surface area contributed by atoms with E-state index in [1.165, 1.54) is 6.20 Å². The molecule has 0 aliphatic carbocycles. The van der Waals surface area contributed by atoms with Crippen molar-refractivity contribution in [1.29, 1.82) is 0 Å². The molecule has 3 N–H and O–H groups in total. The minimum atomic E-state index is -1.33. The van der Waals surface area contributed by atoms with Crippen LogP contribution in [0.5, 0.6) is 0 Å². The molecule has 1 aromatic heterocycles. The second kappa shape index (κ2) is 7.36. The van der Waals surface area contributed by atoms with Crippen LogP contribution in [-0.4, -0.2) is 59.2 Å². The Hall–Kier alpha value is -2.94. The van der Waals surface area contributed by atoms with Crippen LogP contribution in [0, 0.1) is 5.82 Å². The number of benzene rings is 1. The van der Waals surface area contributed by atoms with Crippen LogP contribution in [0.3, 0.4) is 0 Å². The van der Waals surface area contributed by atoms with Gasteiger partial charge in [-0.05, 0) is 19.1 Å². The molecule has 1 fully saturated rings. The number of primary amides is 1. The van der Waals surface area contributed by atoms with Gasteiger partial charge < -0.3 is 20.3 Å². The number of hydrogen-bond donors (Lipinski definition) is 2. The maximum absolute atomic E-state index is 14.7. The zero-order valence-corrected chi connectivity index (χ0v) is 14.9. The zero-order valence-electron chi connectivity index (χ0n) is 14.9. The van der Waals surface area contributed by atoms with Crippen LogP contribution < -0.4 is 16.1 Å². The summed E-state index contributed by atoms with van der Waals surface area (Å²) in [6, 6.07) is 2.70. The van der Waals surface area contributed by atoms with Gasteiger partial charge in [-0.15, -0.1) is 0 Å². The fourth-order valence-corrected chi connectivity index (χ4v) is 3.42. The topological polar surface area (TPSA) is 109 Å². The van der Waals surface area contributed by atoms with Crippen molar-refractivity contribution >= 4 is 28.5 Å². The van der Waals surface area contributed by atoms with E-state index in [4.69, 9.17) is 5.73 Å². The van der Waals surface area contributed by atoms with Crippen LogP contribution in [0.2, 0.25) is 0 Å². The number of aromatic carboxylic acids is 1. The first-order valence-corrected chi connectivity index (χ1v) is 8.67. The normalized spacial score (nSPS) is 15.3. The third-order valence-electron chi connectivity index (χ3n) is 4.81. The van der Waals surface area contributed by atoms with E-state index >= 15 is 0 Å². The van der Waals surface area contributed by atoms with Gasteiger partial charge >= 0.3 is 5.97 Å². The molecule has 1 amide bonds. The van der Waals surface area contributed by atoms with E-state index in [1.807, 2.05) is 16.7 Å². The second-order valence-corrected chi connectivity index (χ2v) is 6.51. The molecule has 0 bridgehead atoms. The number of nitrogens with two attached hydrogens (primary N) is 1. The van der Waals surface area contributed by atoms with Crippen molar-refractivity contribution in [1.82, 2.24) is 9.47 Å². The molecule has 0 unspecified atom stereocenters. The molecule has 2 heterocycles. The fraction of sp³-hybridized carbons (Fsp3) is 0.389. The number of halogens is 1. The van der Waals surface area contributed by atoms with Gasteiger partial charge in [-0.2, -0.15) is 0 Å². The first kappa shape index (κ1) is 18.8. The Morgan fingerprint density at radius 3 is 2.44 bits per heavy atom. The number of carbonyl (C=O) groups is 2. The minimum Gasteiger partial charge on any atom is -0.477 e. The van der Waals surface area contributed by atoms with Crippen molar-refractivity contribution in [3.8, 4) is 0 Å². The van der Waals surface area contributed by atoms with Crippen molar-refractivity contribution in [3.63, 3.8) is 0 Å². The summed E-state index contributed by atoms with van der Waals surface area (Å²) in [7, 11) is 0. The number of nitrogens with zero attached hydrogens (tertiary/aromatic N) is 3. The van der Waals surface area contributed by atoms with E-state index in [0.717, 1.165) is 6.07 Å². The number of fused-ring (bicyclic) bond motifs is 1. The predicted molar refractivity (Wildman–Crippen MR) is 98.6 cm³/mol. The summed E-state index contributed by atoms with van der Waals surface area (Å²) in [5.74, 6) is -2.31. The number of aryl methyl sites for hydroxylation is 1. The lowest BCUT2D eigenvalue weighted by molar-refractivity contribution is -0.119. The van der Waals surface area contributed by atoms with E-state index in [-0.39, 0.29) is 17.5 Å². The average molecular weight is 376 g/mol. The number of anilines is 1. The number of amides is 1. The number of pyridine rings is 1. The molecule has 2 aromatic rings. The number of hydrogen-bond acceptors (Lipinski definition) is 5. The third-order valence-corrected chi connectivity index (χ3v) is 4.81. The Morgan fingerprint density at radius 1 is 1.22 bits per heavy atom. The van der Waals surface area contributed by atoms with E-state index < -0.39 is 23.1 Å². The van der Waals surface area contributed by atoms with Gasteiger partial charge in [0, 0.05) is 44.3 Å². The summed E-state index contributed by atoms with van der Waals surface area (Å²) in [5, 5.41) is 9.25. The van der Waals surface area contributed by atoms with E-state index in [2.05, 4.69) is 0 Å². The van der Waals surface area contributed by atoms with Crippen LogP contribution in [0.25, 0.3) is 10.9 Å². The number of rotatable bonds is 5. The Balaban J connectivity index is 2.00. The molecule has 9 heteroatoms. The Bertz CT molecular complexity index is 964. The molecule has 1 aliphatic rings. The largest absolute Gasteiger partial charge is 0.477 e. The van der Waals surface area contributed by atoms with Gasteiger partial charge in [0.2, 0.25) is 11.3 Å². The lowest BCUT2D eigenvalue weighted by atomic mass is 10.1. The molecule has 0 spiro atoms. The molecule has 1 aromatic carbocycles. The highest BCUT2D eigenvalue weighted by Crippen LogP contribution is 2.26. The van der Waals surface area contributed by atoms with Gasteiger partial charge in [-0.25, -0.2) is 9.18 Å². The molecular weight excluding hydrogens is 355 g/mol. The molecule has 27 heavy (non-hydrogen) atoms. The molecule has 3 rings (SSSR count). The first-order valence-electron chi connectivity index (χ1n) is 8.67. The van der Waals surface area contributed by atoms with Gasteiger partial charge in [0.05, 0.1) is 17.7 Å². The highest BCUT2D eigenvalue weighted by molar-refractivity contribution is 5.93. The summed E-state index contributed by atoms with van der Waals surface area (Å²) in [6.07, 6.45) is 1.29. The number of carboxylic acid groups (broad SMARTS) is 1. The number of aromatic nitrogens is 1. The SMILES string of the molecule is CCn1cc(C(=O)O)c(=O)c2cc(F)c(N3CCN(CC(N)=O)CC3)cc21. The Kier molecular flexibility index (Phi) is 5.13. The van der Waals surface area contributed by atoms with Crippen molar-refractivity contribution in [3.05, 3.63) is 39.9 Å². The molecule has 1 aliphatic heterocycles. The lowest BCUT2D eigenvalue weighted by Gasteiger charge is -2.35. The summed E-state index contributed by atoms with van der Waals surface area (Å²) in [6.45, 7) is 4.59. The Morgan fingerprint density at radius 2 is 1.89 bits per heavy atom. The van der Waals surface area contributed by atoms with Crippen LogP contribution in [0.15, 0.2) is 23.1 Å². The molecule has 1 saturated heterocycles. The minimum absolute atomic E-state index is 0.0466. The third kappa shape index (κ3) is 3.63. The van der Waals surface area contributed by atoms with Crippen LogP contribution in [0.1, 0.15) is 17.3 Å². The first-order chi connectivity index (χ1) is 12.8. The second-order valence-electron chi connectivity index (χ2n) is 6.51. The van der Waals surface area contributed by atoms with Crippen molar-refractivity contribution in [2.75, 3.05) is 37.6 Å². The molecular formula is C18H21FN4O4. The van der Waals surface area contributed by atoms with Gasteiger partial charge in [-0.3, -0.25) is 14.5 Å². The van der Waals surface area contributed by atoms with Crippen LogP contribution in [-0.2, 0) is 11.3 Å². The van der Waals surface area contributed by atoms with Crippen LogP contribution >= 0.6 is 0 Å². The quantitative estimate of drug-likeness (QED) is 0.785. The zero-order chi connectivity index (χ0) is 19.7. The molecule has 0 atom stereocenters.